The number of amides is 1. The van der Waals surface area contributed by atoms with Gasteiger partial charge in [-0.1, -0.05) is 11.6 Å². The van der Waals surface area contributed by atoms with Crippen molar-refractivity contribution in [1.82, 2.24) is 9.97 Å². The van der Waals surface area contributed by atoms with Crippen molar-refractivity contribution < 1.29 is 9.53 Å². The summed E-state index contributed by atoms with van der Waals surface area (Å²) in [4.78, 5) is 21.4. The molecule has 2 heterocycles. The second-order valence-corrected chi connectivity index (χ2v) is 5.39. The van der Waals surface area contributed by atoms with Crippen LogP contribution in [-0.2, 0) is 4.79 Å². The molecule has 7 heteroatoms. The molecule has 1 atom stereocenters. The van der Waals surface area contributed by atoms with Crippen molar-refractivity contribution >= 4 is 23.3 Å². The highest BCUT2D eigenvalue weighted by molar-refractivity contribution is 6.32. The van der Waals surface area contributed by atoms with Crippen molar-refractivity contribution in [2.75, 3.05) is 25.1 Å². The van der Waals surface area contributed by atoms with Gasteiger partial charge in [0.2, 0.25) is 5.91 Å². The fraction of sp³-hybridized carbons (Fsp3) is 0.615. The molecule has 1 aliphatic rings. The molecule has 0 spiro atoms. The van der Waals surface area contributed by atoms with Gasteiger partial charge < -0.3 is 15.4 Å². The zero-order chi connectivity index (χ0) is 14.5. The highest BCUT2D eigenvalue weighted by atomic mass is 35.5. The van der Waals surface area contributed by atoms with Gasteiger partial charge in [-0.2, -0.15) is 4.98 Å². The van der Waals surface area contributed by atoms with E-state index in [1.165, 1.54) is 7.11 Å². The third-order valence-corrected chi connectivity index (χ3v) is 3.79. The molecule has 1 saturated heterocycles. The minimum Gasteiger partial charge on any atom is -0.467 e. The van der Waals surface area contributed by atoms with E-state index in [2.05, 4.69) is 14.9 Å². The maximum absolute atomic E-state index is 11.0. The predicted molar refractivity (Wildman–Crippen MR) is 77.0 cm³/mol. The zero-order valence-electron chi connectivity index (χ0n) is 11.5. The Morgan fingerprint density at radius 3 is 3.05 bits per heavy atom. The quantitative estimate of drug-likeness (QED) is 0.913. The van der Waals surface area contributed by atoms with Crippen LogP contribution in [0.3, 0.4) is 0 Å². The number of halogens is 1. The molecule has 0 bridgehead atoms. The van der Waals surface area contributed by atoms with E-state index in [1.807, 2.05) is 0 Å². The number of anilines is 1. The number of nitrogens with zero attached hydrogens (tertiary/aromatic N) is 3. The zero-order valence-corrected chi connectivity index (χ0v) is 12.3. The Hall–Kier alpha value is -1.56. The summed E-state index contributed by atoms with van der Waals surface area (Å²) in [6, 6.07) is 0.308. The first-order chi connectivity index (χ1) is 9.60. The average molecular weight is 299 g/mol. The van der Waals surface area contributed by atoms with E-state index in [0.717, 1.165) is 32.4 Å². The van der Waals surface area contributed by atoms with Crippen molar-refractivity contribution in [3.63, 3.8) is 0 Å². The maximum Gasteiger partial charge on any atom is 0.318 e. The molecule has 0 saturated carbocycles. The Morgan fingerprint density at radius 1 is 1.55 bits per heavy atom. The highest BCUT2D eigenvalue weighted by Crippen LogP contribution is 2.28. The van der Waals surface area contributed by atoms with Gasteiger partial charge in [0.25, 0.3) is 0 Å². The summed E-state index contributed by atoms with van der Waals surface area (Å²) >= 11 is 6.16. The molecule has 0 aliphatic carbocycles. The van der Waals surface area contributed by atoms with E-state index in [0.29, 0.717) is 29.2 Å². The average Bonchev–Trinajstić information content (AvgIpc) is 2.64. The van der Waals surface area contributed by atoms with Gasteiger partial charge in [-0.3, -0.25) is 4.79 Å². The third kappa shape index (κ3) is 3.72. The van der Waals surface area contributed by atoms with Crippen molar-refractivity contribution in [3.8, 4) is 6.01 Å². The van der Waals surface area contributed by atoms with Gasteiger partial charge in [-0.25, -0.2) is 4.98 Å². The molecule has 1 unspecified atom stereocenters. The molecule has 1 aliphatic heterocycles. The molecule has 1 aromatic rings. The Morgan fingerprint density at radius 2 is 2.35 bits per heavy atom. The molecule has 110 valence electrons. The number of nitrogens with two attached hydrogens (primary N) is 1. The van der Waals surface area contributed by atoms with Crippen LogP contribution in [0.1, 0.15) is 25.7 Å². The summed E-state index contributed by atoms with van der Waals surface area (Å²) < 4.78 is 5.04. The molecule has 2 rings (SSSR count). The Balaban J connectivity index is 2.08. The largest absolute Gasteiger partial charge is 0.467 e. The molecular weight excluding hydrogens is 280 g/mol. The Kier molecular flexibility index (Phi) is 5.00. The predicted octanol–water partition coefficient (Wildman–Crippen LogP) is 1.62. The van der Waals surface area contributed by atoms with E-state index in [1.54, 1.807) is 6.20 Å². The Labute approximate surface area is 123 Å². The van der Waals surface area contributed by atoms with Crippen LogP contribution in [0.25, 0.3) is 0 Å². The molecule has 6 nitrogen and oxygen atoms in total. The van der Waals surface area contributed by atoms with E-state index in [-0.39, 0.29) is 5.91 Å². The number of methoxy groups -OCH3 is 1. The third-order valence-electron chi connectivity index (χ3n) is 3.52. The summed E-state index contributed by atoms with van der Waals surface area (Å²) in [7, 11) is 1.53. The van der Waals surface area contributed by atoms with Crippen LogP contribution in [0.5, 0.6) is 6.01 Å². The second kappa shape index (κ2) is 6.74. The number of primary amides is 1. The standard InChI is InChI=1S/C13H19ClN4O2/c1-20-13-16-8-10(14)12(17-13)18-5-2-3-9(4-6-18)7-11(15)19/h8-9H,2-7H2,1H3,(H2,15,19). The minimum absolute atomic E-state index is 0.231. The van der Waals surface area contributed by atoms with Crippen LogP contribution in [0.15, 0.2) is 6.20 Å². The van der Waals surface area contributed by atoms with Crippen molar-refractivity contribution in [3.05, 3.63) is 11.2 Å². The van der Waals surface area contributed by atoms with Crippen molar-refractivity contribution in [2.45, 2.75) is 25.7 Å². The van der Waals surface area contributed by atoms with Gasteiger partial charge in [0.15, 0.2) is 5.82 Å². The van der Waals surface area contributed by atoms with Crippen LogP contribution in [0.4, 0.5) is 5.82 Å². The SMILES string of the molecule is COc1ncc(Cl)c(N2CCCC(CC(N)=O)CC2)n1. The molecule has 1 fully saturated rings. The number of carbonyl (C=O) groups is 1. The normalized spacial score (nSPS) is 19.5. The molecule has 2 N–H and O–H groups in total. The summed E-state index contributed by atoms with van der Waals surface area (Å²) in [5.41, 5.74) is 5.27. The van der Waals surface area contributed by atoms with Crippen molar-refractivity contribution in [2.24, 2.45) is 11.7 Å². The van der Waals surface area contributed by atoms with E-state index >= 15 is 0 Å². The van der Waals surface area contributed by atoms with Gasteiger partial charge in [-0.05, 0) is 25.2 Å². The topological polar surface area (TPSA) is 81.3 Å². The van der Waals surface area contributed by atoms with E-state index in [9.17, 15) is 4.79 Å². The summed E-state index contributed by atoms with van der Waals surface area (Å²) in [5, 5.41) is 0.513. The van der Waals surface area contributed by atoms with Crippen LogP contribution >= 0.6 is 11.6 Å². The molecule has 1 aromatic heterocycles. The number of carbonyl (C=O) groups excluding carboxylic acids is 1. The number of hydrogen-bond acceptors (Lipinski definition) is 5. The monoisotopic (exact) mass is 298 g/mol. The number of hydrogen-bond donors (Lipinski definition) is 1. The summed E-state index contributed by atoms with van der Waals surface area (Å²) in [5.74, 6) is 0.809. The number of ether oxygens (including phenoxy) is 1. The molecule has 20 heavy (non-hydrogen) atoms. The van der Waals surface area contributed by atoms with Gasteiger partial charge >= 0.3 is 6.01 Å². The summed E-state index contributed by atoms with van der Waals surface area (Å²) in [6.07, 6.45) is 4.90. The lowest BCUT2D eigenvalue weighted by molar-refractivity contribution is -0.118. The fourth-order valence-corrected chi connectivity index (χ4v) is 2.74. The lowest BCUT2D eigenvalue weighted by Gasteiger charge is -2.22. The van der Waals surface area contributed by atoms with Crippen LogP contribution in [0.2, 0.25) is 5.02 Å². The first-order valence-electron chi connectivity index (χ1n) is 6.70. The maximum atomic E-state index is 11.0. The lowest BCUT2D eigenvalue weighted by Crippen LogP contribution is -2.26. The lowest BCUT2D eigenvalue weighted by atomic mass is 9.97. The molecule has 0 radical (unpaired) electrons. The highest BCUT2D eigenvalue weighted by Gasteiger charge is 2.21. The van der Waals surface area contributed by atoms with Crippen LogP contribution < -0.4 is 15.4 Å². The number of aromatic nitrogens is 2. The first kappa shape index (κ1) is 14.8. The van der Waals surface area contributed by atoms with Crippen molar-refractivity contribution in [1.29, 1.82) is 0 Å². The van der Waals surface area contributed by atoms with Gasteiger partial charge in [0.05, 0.1) is 13.3 Å². The minimum atomic E-state index is -0.231. The smallest absolute Gasteiger partial charge is 0.318 e. The van der Waals surface area contributed by atoms with E-state index in [4.69, 9.17) is 22.1 Å². The molecule has 0 aromatic carbocycles. The first-order valence-corrected chi connectivity index (χ1v) is 7.07. The fourth-order valence-electron chi connectivity index (χ4n) is 2.53. The molecule has 1 amide bonds. The van der Waals surface area contributed by atoms with Gasteiger partial charge in [0, 0.05) is 19.5 Å². The van der Waals surface area contributed by atoms with Crippen LogP contribution in [-0.4, -0.2) is 36.1 Å². The number of rotatable bonds is 4. The van der Waals surface area contributed by atoms with Gasteiger partial charge in [-0.15, -0.1) is 0 Å². The second-order valence-electron chi connectivity index (χ2n) is 4.98. The molecular formula is C13H19ClN4O2. The Bertz CT molecular complexity index is 483. The summed E-state index contributed by atoms with van der Waals surface area (Å²) in [6.45, 7) is 1.66. The van der Waals surface area contributed by atoms with Crippen LogP contribution in [0, 0.1) is 5.92 Å². The van der Waals surface area contributed by atoms with E-state index < -0.39 is 0 Å². The van der Waals surface area contributed by atoms with Gasteiger partial charge in [0.1, 0.15) is 5.02 Å².